The van der Waals surface area contributed by atoms with Gasteiger partial charge in [0, 0.05) is 24.9 Å². The van der Waals surface area contributed by atoms with Crippen LogP contribution in [0.4, 0.5) is 0 Å². The van der Waals surface area contributed by atoms with Crippen LogP contribution in [0.1, 0.15) is 29.2 Å². The van der Waals surface area contributed by atoms with Crippen molar-refractivity contribution in [2.75, 3.05) is 6.61 Å². The van der Waals surface area contributed by atoms with Gasteiger partial charge in [-0.25, -0.2) is 0 Å². The average Bonchev–Trinajstić information content (AvgIpc) is 2.73. The lowest BCUT2D eigenvalue weighted by molar-refractivity contribution is 0.116. The van der Waals surface area contributed by atoms with E-state index in [1.165, 1.54) is 0 Å². The van der Waals surface area contributed by atoms with E-state index < -0.39 is 6.10 Å². The van der Waals surface area contributed by atoms with Crippen molar-refractivity contribution in [3.05, 3.63) is 46.2 Å². The molecule has 1 N–H and O–H groups in total. The van der Waals surface area contributed by atoms with E-state index in [9.17, 15) is 5.11 Å². The van der Waals surface area contributed by atoms with Crippen LogP contribution < -0.4 is 4.74 Å². The number of hydrogen-bond donors (Lipinski definition) is 1. The van der Waals surface area contributed by atoms with Crippen LogP contribution >= 0.6 is 11.6 Å². The van der Waals surface area contributed by atoms with E-state index in [1.807, 2.05) is 38.2 Å². The van der Waals surface area contributed by atoms with Gasteiger partial charge in [0.15, 0.2) is 0 Å². The molecule has 5 heteroatoms. The SMILES string of the molecule is Cc1nn(C)c(Cl)c1CC(O)C1CCOc2ccccc21. The number of nitrogens with zero attached hydrogens (tertiary/aromatic N) is 2. The van der Waals surface area contributed by atoms with Crippen molar-refractivity contribution in [3.8, 4) is 5.75 Å². The number of aliphatic hydroxyl groups is 1. The molecular weight excluding hydrogens is 288 g/mol. The molecule has 2 atom stereocenters. The lowest BCUT2D eigenvalue weighted by Crippen LogP contribution is -2.27. The summed E-state index contributed by atoms with van der Waals surface area (Å²) in [6, 6.07) is 7.92. The molecule has 2 aromatic rings. The van der Waals surface area contributed by atoms with Gasteiger partial charge < -0.3 is 9.84 Å². The van der Waals surface area contributed by atoms with Crippen molar-refractivity contribution in [2.24, 2.45) is 7.05 Å². The lowest BCUT2D eigenvalue weighted by Gasteiger charge is -2.29. The zero-order valence-electron chi connectivity index (χ0n) is 12.2. The van der Waals surface area contributed by atoms with Crippen LogP contribution in [0.3, 0.4) is 0 Å². The fourth-order valence-corrected chi connectivity index (χ4v) is 3.28. The van der Waals surface area contributed by atoms with Crippen LogP contribution in [0.2, 0.25) is 5.15 Å². The van der Waals surface area contributed by atoms with Crippen LogP contribution in [-0.2, 0) is 13.5 Å². The summed E-state index contributed by atoms with van der Waals surface area (Å²) < 4.78 is 7.30. The molecule has 0 bridgehead atoms. The fraction of sp³-hybridized carbons (Fsp3) is 0.438. The largest absolute Gasteiger partial charge is 0.493 e. The Kier molecular flexibility index (Phi) is 3.91. The first-order valence-electron chi connectivity index (χ1n) is 7.15. The first-order chi connectivity index (χ1) is 10.1. The number of aliphatic hydroxyl groups excluding tert-OH is 1. The first-order valence-corrected chi connectivity index (χ1v) is 7.53. The average molecular weight is 307 g/mol. The van der Waals surface area contributed by atoms with E-state index in [1.54, 1.807) is 4.68 Å². The van der Waals surface area contributed by atoms with Crippen molar-refractivity contribution >= 4 is 11.6 Å². The first kappa shape index (κ1) is 14.4. The van der Waals surface area contributed by atoms with Gasteiger partial charge in [-0.2, -0.15) is 5.10 Å². The highest BCUT2D eigenvalue weighted by Crippen LogP contribution is 2.37. The number of aryl methyl sites for hydroxylation is 2. The van der Waals surface area contributed by atoms with Gasteiger partial charge in [0.1, 0.15) is 10.9 Å². The van der Waals surface area contributed by atoms with Crippen molar-refractivity contribution < 1.29 is 9.84 Å². The number of hydrogen-bond acceptors (Lipinski definition) is 3. The molecule has 1 aromatic heterocycles. The van der Waals surface area contributed by atoms with Gasteiger partial charge in [-0.3, -0.25) is 4.68 Å². The maximum Gasteiger partial charge on any atom is 0.130 e. The number of halogens is 1. The molecule has 0 aliphatic carbocycles. The Morgan fingerprint density at radius 2 is 2.24 bits per heavy atom. The minimum absolute atomic E-state index is 0.0747. The van der Waals surface area contributed by atoms with E-state index in [0.29, 0.717) is 18.2 Å². The Balaban J connectivity index is 1.85. The van der Waals surface area contributed by atoms with E-state index in [0.717, 1.165) is 29.0 Å². The number of fused-ring (bicyclic) bond motifs is 1. The highest BCUT2D eigenvalue weighted by Gasteiger charge is 2.29. The van der Waals surface area contributed by atoms with Crippen LogP contribution in [0.15, 0.2) is 24.3 Å². The van der Waals surface area contributed by atoms with Gasteiger partial charge in [-0.15, -0.1) is 0 Å². The molecular formula is C16H19ClN2O2. The predicted molar refractivity (Wildman–Crippen MR) is 82.0 cm³/mol. The minimum atomic E-state index is -0.490. The molecule has 3 rings (SSSR count). The highest BCUT2D eigenvalue weighted by atomic mass is 35.5. The molecule has 1 aromatic carbocycles. The normalized spacial score (nSPS) is 19.0. The number of rotatable bonds is 3. The van der Waals surface area contributed by atoms with Crippen LogP contribution in [0, 0.1) is 6.92 Å². The Labute approximate surface area is 129 Å². The molecule has 0 fully saturated rings. The monoisotopic (exact) mass is 306 g/mol. The summed E-state index contributed by atoms with van der Waals surface area (Å²) in [5.41, 5.74) is 2.88. The third kappa shape index (κ3) is 2.65. The van der Waals surface area contributed by atoms with E-state index >= 15 is 0 Å². The summed E-state index contributed by atoms with van der Waals surface area (Å²) in [6.07, 6.45) is 0.836. The Morgan fingerprint density at radius 3 is 2.95 bits per heavy atom. The quantitative estimate of drug-likeness (QED) is 0.948. The highest BCUT2D eigenvalue weighted by molar-refractivity contribution is 6.30. The van der Waals surface area contributed by atoms with Gasteiger partial charge in [0.05, 0.1) is 18.4 Å². The second-order valence-corrected chi connectivity index (χ2v) is 5.89. The van der Waals surface area contributed by atoms with E-state index in [4.69, 9.17) is 16.3 Å². The van der Waals surface area contributed by atoms with Crippen LogP contribution in [0.25, 0.3) is 0 Å². The second-order valence-electron chi connectivity index (χ2n) is 5.53. The Hall–Kier alpha value is -1.52. The summed E-state index contributed by atoms with van der Waals surface area (Å²) in [5.74, 6) is 0.951. The maximum absolute atomic E-state index is 10.7. The van der Waals surface area contributed by atoms with Crippen molar-refractivity contribution in [1.82, 2.24) is 9.78 Å². The fourth-order valence-electron chi connectivity index (χ4n) is 3.03. The third-order valence-electron chi connectivity index (χ3n) is 4.15. The summed E-state index contributed by atoms with van der Waals surface area (Å²) >= 11 is 6.26. The summed E-state index contributed by atoms with van der Waals surface area (Å²) in [6.45, 7) is 2.56. The summed E-state index contributed by atoms with van der Waals surface area (Å²) in [7, 11) is 1.81. The second kappa shape index (κ2) is 5.70. The van der Waals surface area contributed by atoms with Gasteiger partial charge in [0.2, 0.25) is 0 Å². The Bertz CT molecular complexity index is 654. The van der Waals surface area contributed by atoms with Crippen LogP contribution in [-0.4, -0.2) is 27.6 Å². The smallest absolute Gasteiger partial charge is 0.130 e. The minimum Gasteiger partial charge on any atom is -0.493 e. The zero-order valence-corrected chi connectivity index (χ0v) is 13.0. The van der Waals surface area contributed by atoms with E-state index in [2.05, 4.69) is 5.10 Å². The Morgan fingerprint density at radius 1 is 1.48 bits per heavy atom. The molecule has 21 heavy (non-hydrogen) atoms. The molecule has 2 heterocycles. The molecule has 112 valence electrons. The molecule has 0 spiro atoms. The number of para-hydroxylation sites is 1. The molecule has 1 aliphatic heterocycles. The molecule has 0 radical (unpaired) electrons. The van der Waals surface area contributed by atoms with Gasteiger partial charge >= 0.3 is 0 Å². The topological polar surface area (TPSA) is 47.3 Å². The number of aromatic nitrogens is 2. The third-order valence-corrected chi connectivity index (χ3v) is 4.63. The lowest BCUT2D eigenvalue weighted by atomic mass is 9.85. The zero-order chi connectivity index (χ0) is 15.0. The molecule has 2 unspecified atom stereocenters. The number of ether oxygens (including phenoxy) is 1. The van der Waals surface area contributed by atoms with Gasteiger partial charge in [-0.05, 0) is 25.0 Å². The van der Waals surface area contributed by atoms with Crippen molar-refractivity contribution in [2.45, 2.75) is 31.8 Å². The van der Waals surface area contributed by atoms with Crippen LogP contribution in [0.5, 0.6) is 5.75 Å². The number of benzene rings is 1. The molecule has 0 amide bonds. The van der Waals surface area contributed by atoms with Gasteiger partial charge in [0.25, 0.3) is 0 Å². The summed E-state index contributed by atoms with van der Waals surface area (Å²) in [5, 5.41) is 15.6. The van der Waals surface area contributed by atoms with Gasteiger partial charge in [-0.1, -0.05) is 29.8 Å². The molecule has 0 saturated carbocycles. The van der Waals surface area contributed by atoms with E-state index in [-0.39, 0.29) is 5.92 Å². The van der Waals surface area contributed by atoms with Crippen molar-refractivity contribution in [3.63, 3.8) is 0 Å². The molecule has 0 saturated heterocycles. The predicted octanol–water partition coefficient (Wildman–Crippen LogP) is 2.85. The van der Waals surface area contributed by atoms with Crippen molar-refractivity contribution in [1.29, 1.82) is 0 Å². The summed E-state index contributed by atoms with van der Waals surface area (Å²) in [4.78, 5) is 0. The standard InChI is InChI=1S/C16H19ClN2O2/c1-10-13(16(17)19(2)18-10)9-14(20)11-7-8-21-15-6-4-3-5-12(11)15/h3-6,11,14,20H,7-9H2,1-2H3. The maximum atomic E-state index is 10.7. The molecule has 4 nitrogen and oxygen atoms in total. The molecule has 1 aliphatic rings.